The molecule has 3 aromatic carbocycles. The van der Waals surface area contributed by atoms with Gasteiger partial charge in [-0.25, -0.2) is 14.4 Å². The first-order chi connectivity index (χ1) is 19.5. The van der Waals surface area contributed by atoms with Crippen LogP contribution in [0.4, 0.5) is 4.79 Å². The van der Waals surface area contributed by atoms with Crippen LogP contribution in [-0.2, 0) is 43.2 Å². The zero-order chi connectivity index (χ0) is 29.8. The molecule has 0 bridgehead atoms. The first kappa shape index (κ1) is 30.9. The first-order valence-corrected chi connectivity index (χ1v) is 13.3. The standard InChI is InChI=1S/C32H36N2O7/c1-32(2,3)41-29(36)25-17-15-23(16-18-25)20-27(30(37)39-4)33-28(35)26(19-22-11-7-5-8-12-22)34-31(38)40-21-24-13-9-6-10-14-24/h5-18,26-27H,19-21H2,1-4H3,(H,33,35)(H,34,38)/t26-,27-/m0/s1. The lowest BCUT2D eigenvalue weighted by Crippen LogP contribution is -2.53. The number of carbonyl (C=O) groups excluding carboxylic acids is 4. The van der Waals surface area contributed by atoms with Crippen molar-refractivity contribution in [2.45, 2.75) is 57.9 Å². The van der Waals surface area contributed by atoms with E-state index in [0.717, 1.165) is 11.1 Å². The summed E-state index contributed by atoms with van der Waals surface area (Å²) in [5.41, 5.74) is 2.03. The summed E-state index contributed by atoms with van der Waals surface area (Å²) in [7, 11) is 1.23. The SMILES string of the molecule is COC(=O)[C@H](Cc1ccc(C(=O)OC(C)(C)C)cc1)NC(=O)[C@H](Cc1ccccc1)NC(=O)OCc1ccccc1. The zero-order valence-electron chi connectivity index (χ0n) is 23.7. The summed E-state index contributed by atoms with van der Waals surface area (Å²) < 4.78 is 15.6. The molecule has 0 aliphatic rings. The molecule has 0 saturated heterocycles. The minimum Gasteiger partial charge on any atom is -0.467 e. The number of hydrogen-bond acceptors (Lipinski definition) is 7. The van der Waals surface area contributed by atoms with Gasteiger partial charge in [-0.15, -0.1) is 0 Å². The van der Waals surface area contributed by atoms with Crippen molar-refractivity contribution >= 4 is 23.9 Å². The molecule has 0 saturated carbocycles. The highest BCUT2D eigenvalue weighted by Crippen LogP contribution is 2.14. The molecule has 0 aromatic heterocycles. The fraction of sp³-hybridized carbons (Fsp3) is 0.312. The maximum Gasteiger partial charge on any atom is 0.408 e. The average molecular weight is 561 g/mol. The maximum atomic E-state index is 13.4. The third-order valence-electron chi connectivity index (χ3n) is 5.93. The van der Waals surface area contributed by atoms with E-state index < -0.39 is 41.6 Å². The molecule has 0 aliphatic heterocycles. The zero-order valence-corrected chi connectivity index (χ0v) is 23.7. The summed E-state index contributed by atoms with van der Waals surface area (Å²) in [5.74, 6) is -1.69. The molecule has 9 nitrogen and oxygen atoms in total. The molecular weight excluding hydrogens is 524 g/mol. The topological polar surface area (TPSA) is 120 Å². The molecule has 0 unspecified atom stereocenters. The number of alkyl carbamates (subject to hydrolysis) is 1. The van der Waals surface area contributed by atoms with Gasteiger partial charge in [0.25, 0.3) is 0 Å². The Morgan fingerprint density at radius 2 is 1.24 bits per heavy atom. The van der Waals surface area contributed by atoms with Crippen molar-refractivity contribution in [3.05, 3.63) is 107 Å². The van der Waals surface area contributed by atoms with E-state index >= 15 is 0 Å². The van der Waals surface area contributed by atoms with Gasteiger partial charge in [0.1, 0.15) is 24.3 Å². The van der Waals surface area contributed by atoms with Crippen molar-refractivity contribution in [2.24, 2.45) is 0 Å². The van der Waals surface area contributed by atoms with Crippen molar-refractivity contribution in [1.82, 2.24) is 10.6 Å². The number of amides is 2. The fourth-order valence-electron chi connectivity index (χ4n) is 3.92. The van der Waals surface area contributed by atoms with Gasteiger partial charge in [0.05, 0.1) is 12.7 Å². The Labute approximate surface area is 240 Å². The Kier molecular flexibility index (Phi) is 11.0. The van der Waals surface area contributed by atoms with Crippen LogP contribution in [-0.4, -0.2) is 48.7 Å². The summed E-state index contributed by atoms with van der Waals surface area (Å²) in [6.45, 7) is 5.39. The second kappa shape index (κ2) is 14.6. The van der Waals surface area contributed by atoms with Gasteiger partial charge in [0.15, 0.2) is 0 Å². The molecular formula is C32H36N2O7. The predicted molar refractivity (Wildman–Crippen MR) is 153 cm³/mol. The number of methoxy groups -OCH3 is 1. The molecule has 2 amide bonds. The summed E-state index contributed by atoms with van der Waals surface area (Å²) in [6.07, 6.45) is -0.493. The van der Waals surface area contributed by atoms with E-state index in [4.69, 9.17) is 14.2 Å². The number of nitrogens with one attached hydrogen (secondary N) is 2. The van der Waals surface area contributed by atoms with Crippen LogP contribution >= 0.6 is 0 Å². The summed E-state index contributed by atoms with van der Waals surface area (Å²) in [6, 6.07) is 22.8. The van der Waals surface area contributed by atoms with Gasteiger partial charge in [0, 0.05) is 12.8 Å². The van der Waals surface area contributed by atoms with Gasteiger partial charge in [-0.05, 0) is 49.6 Å². The van der Waals surface area contributed by atoms with Gasteiger partial charge in [0.2, 0.25) is 5.91 Å². The van der Waals surface area contributed by atoms with Gasteiger partial charge in [-0.2, -0.15) is 0 Å². The van der Waals surface area contributed by atoms with Gasteiger partial charge >= 0.3 is 18.0 Å². The van der Waals surface area contributed by atoms with Crippen molar-refractivity contribution in [3.63, 3.8) is 0 Å². The molecule has 3 rings (SSSR count). The lowest BCUT2D eigenvalue weighted by Gasteiger charge is -2.22. The van der Waals surface area contributed by atoms with Crippen LogP contribution in [0.15, 0.2) is 84.9 Å². The highest BCUT2D eigenvalue weighted by atomic mass is 16.6. The van der Waals surface area contributed by atoms with Gasteiger partial charge in [-0.1, -0.05) is 72.8 Å². The second-order valence-electron chi connectivity index (χ2n) is 10.4. The quantitative estimate of drug-likeness (QED) is 0.264. The molecule has 0 fully saturated rings. The first-order valence-electron chi connectivity index (χ1n) is 13.3. The molecule has 2 N–H and O–H groups in total. The van der Waals surface area contributed by atoms with Crippen molar-refractivity contribution in [3.8, 4) is 0 Å². The van der Waals surface area contributed by atoms with Crippen LogP contribution in [0.3, 0.4) is 0 Å². The van der Waals surface area contributed by atoms with E-state index in [0.29, 0.717) is 11.1 Å². The molecule has 3 aromatic rings. The number of rotatable bonds is 11. The largest absolute Gasteiger partial charge is 0.467 e. The Hall–Kier alpha value is -4.66. The monoisotopic (exact) mass is 560 g/mol. The second-order valence-corrected chi connectivity index (χ2v) is 10.4. The molecule has 0 spiro atoms. The molecule has 0 heterocycles. The van der Waals surface area contributed by atoms with Crippen LogP contribution in [0.25, 0.3) is 0 Å². The fourth-order valence-corrected chi connectivity index (χ4v) is 3.92. The molecule has 41 heavy (non-hydrogen) atoms. The maximum absolute atomic E-state index is 13.4. The Morgan fingerprint density at radius 3 is 1.80 bits per heavy atom. The van der Waals surface area contributed by atoms with Crippen LogP contribution < -0.4 is 10.6 Å². The minimum absolute atomic E-state index is 0.0381. The van der Waals surface area contributed by atoms with E-state index in [-0.39, 0.29) is 19.4 Å². The number of ether oxygens (including phenoxy) is 3. The minimum atomic E-state index is -1.04. The van der Waals surface area contributed by atoms with Crippen LogP contribution in [0.5, 0.6) is 0 Å². The number of benzene rings is 3. The van der Waals surface area contributed by atoms with Crippen molar-refractivity contribution < 1.29 is 33.4 Å². The van der Waals surface area contributed by atoms with Crippen LogP contribution in [0.1, 0.15) is 47.8 Å². The number of hydrogen-bond donors (Lipinski definition) is 2. The molecule has 2 atom stereocenters. The molecule has 0 radical (unpaired) electrons. The summed E-state index contributed by atoms with van der Waals surface area (Å²) in [4.78, 5) is 51.0. The third kappa shape index (κ3) is 10.4. The predicted octanol–water partition coefficient (Wildman–Crippen LogP) is 4.38. The van der Waals surface area contributed by atoms with Crippen LogP contribution in [0.2, 0.25) is 0 Å². The number of esters is 2. The normalized spacial score (nSPS) is 12.4. The van der Waals surface area contributed by atoms with Crippen molar-refractivity contribution in [1.29, 1.82) is 0 Å². The summed E-state index contributed by atoms with van der Waals surface area (Å²) >= 11 is 0. The highest BCUT2D eigenvalue weighted by molar-refractivity contribution is 5.91. The van der Waals surface area contributed by atoms with E-state index in [1.807, 2.05) is 60.7 Å². The molecule has 0 aliphatic carbocycles. The third-order valence-corrected chi connectivity index (χ3v) is 5.93. The van der Waals surface area contributed by atoms with E-state index in [1.54, 1.807) is 45.0 Å². The van der Waals surface area contributed by atoms with E-state index in [2.05, 4.69) is 10.6 Å². The Balaban J connectivity index is 1.71. The average Bonchev–Trinajstić information content (AvgIpc) is 2.95. The molecule has 9 heteroatoms. The van der Waals surface area contributed by atoms with Gasteiger partial charge in [-0.3, -0.25) is 4.79 Å². The van der Waals surface area contributed by atoms with Gasteiger partial charge < -0.3 is 24.8 Å². The Morgan fingerprint density at radius 1 is 0.707 bits per heavy atom. The molecule has 216 valence electrons. The smallest absolute Gasteiger partial charge is 0.408 e. The van der Waals surface area contributed by atoms with E-state index in [1.165, 1.54) is 7.11 Å². The van der Waals surface area contributed by atoms with E-state index in [9.17, 15) is 19.2 Å². The Bertz CT molecular complexity index is 1300. The lowest BCUT2D eigenvalue weighted by molar-refractivity contribution is -0.145. The summed E-state index contributed by atoms with van der Waals surface area (Å²) in [5, 5.41) is 5.33. The van der Waals surface area contributed by atoms with Crippen molar-refractivity contribution in [2.75, 3.05) is 7.11 Å². The number of carbonyl (C=O) groups is 4. The highest BCUT2D eigenvalue weighted by Gasteiger charge is 2.28. The lowest BCUT2D eigenvalue weighted by atomic mass is 10.0. The van der Waals surface area contributed by atoms with Crippen LogP contribution in [0, 0.1) is 0 Å².